The molecular formula is C14H16F3NO3S. The lowest BCUT2D eigenvalue weighted by atomic mass is 10.1. The molecule has 0 spiro atoms. The number of carbonyl (C=O) groups excluding carboxylic acids is 1. The van der Waals surface area contributed by atoms with Crippen LogP contribution in [0.3, 0.4) is 0 Å². The largest absolute Gasteiger partial charge is 0.338 e. The van der Waals surface area contributed by atoms with Crippen LogP contribution in [-0.4, -0.2) is 43.3 Å². The Hall–Kier alpha value is -1.57. The van der Waals surface area contributed by atoms with Crippen LogP contribution < -0.4 is 0 Å². The highest BCUT2D eigenvalue weighted by atomic mass is 32.2. The highest BCUT2D eigenvalue weighted by molar-refractivity contribution is 7.92. The number of likely N-dealkylation sites (tertiary alicyclic amines) is 1. The first-order valence-electron chi connectivity index (χ1n) is 6.92. The molecular weight excluding hydrogens is 319 g/mol. The Kier molecular flexibility index (Phi) is 4.79. The number of hydrogen-bond donors (Lipinski definition) is 0. The van der Waals surface area contributed by atoms with Gasteiger partial charge in [-0.3, -0.25) is 4.79 Å². The normalized spacial score (nSPS) is 16.8. The van der Waals surface area contributed by atoms with Crippen LogP contribution in [0.15, 0.2) is 12.1 Å². The van der Waals surface area contributed by atoms with Gasteiger partial charge in [0.2, 0.25) is 0 Å². The standard InChI is InChI=1S/C14H16F3NO3S/c1-2-22(20,21)9-5-7-18(8-6-9)14(19)10-3-4-11(15)13(17)12(10)16/h3-4,9H,2,5-8H2,1H3. The smallest absolute Gasteiger partial charge is 0.256 e. The quantitative estimate of drug-likeness (QED) is 0.795. The van der Waals surface area contributed by atoms with E-state index in [1.165, 1.54) is 4.90 Å². The number of rotatable bonds is 3. The minimum Gasteiger partial charge on any atom is -0.338 e. The van der Waals surface area contributed by atoms with Crippen LogP contribution in [0.2, 0.25) is 0 Å². The molecule has 1 aromatic rings. The van der Waals surface area contributed by atoms with Crippen molar-refractivity contribution >= 4 is 15.7 Å². The molecule has 1 saturated heterocycles. The molecule has 1 fully saturated rings. The Bertz CT molecular complexity index is 683. The van der Waals surface area contributed by atoms with Crippen molar-refractivity contribution in [3.8, 4) is 0 Å². The maximum Gasteiger partial charge on any atom is 0.256 e. The fraction of sp³-hybridized carbons (Fsp3) is 0.500. The van der Waals surface area contributed by atoms with E-state index in [2.05, 4.69) is 0 Å². The van der Waals surface area contributed by atoms with E-state index in [1.807, 2.05) is 0 Å². The molecule has 1 aromatic carbocycles. The molecule has 22 heavy (non-hydrogen) atoms. The first kappa shape index (κ1) is 16.8. The lowest BCUT2D eigenvalue weighted by Crippen LogP contribution is -2.43. The third-order valence-electron chi connectivity index (χ3n) is 3.91. The van der Waals surface area contributed by atoms with Crippen molar-refractivity contribution in [3.63, 3.8) is 0 Å². The molecule has 0 aliphatic carbocycles. The SMILES string of the molecule is CCS(=O)(=O)C1CCN(C(=O)c2ccc(F)c(F)c2F)CC1. The molecule has 2 rings (SSSR count). The summed E-state index contributed by atoms with van der Waals surface area (Å²) in [6.45, 7) is 1.84. The van der Waals surface area contributed by atoms with Gasteiger partial charge in [0, 0.05) is 18.8 Å². The van der Waals surface area contributed by atoms with Crippen molar-refractivity contribution in [2.24, 2.45) is 0 Å². The molecule has 1 aliphatic heterocycles. The molecule has 1 heterocycles. The number of halogens is 3. The minimum absolute atomic E-state index is 0.0312. The molecule has 0 unspecified atom stereocenters. The predicted molar refractivity (Wildman–Crippen MR) is 74.7 cm³/mol. The summed E-state index contributed by atoms with van der Waals surface area (Å²) in [6.07, 6.45) is 0.514. The fourth-order valence-electron chi connectivity index (χ4n) is 2.52. The monoisotopic (exact) mass is 335 g/mol. The maximum absolute atomic E-state index is 13.6. The lowest BCUT2D eigenvalue weighted by molar-refractivity contribution is 0.0719. The van der Waals surface area contributed by atoms with E-state index in [9.17, 15) is 26.4 Å². The van der Waals surface area contributed by atoms with Crippen molar-refractivity contribution in [1.82, 2.24) is 4.90 Å². The number of carbonyl (C=O) groups is 1. The number of amides is 1. The number of nitrogens with zero attached hydrogens (tertiary/aromatic N) is 1. The van der Waals surface area contributed by atoms with E-state index in [0.717, 1.165) is 6.07 Å². The van der Waals surface area contributed by atoms with E-state index in [0.29, 0.717) is 6.07 Å². The summed E-state index contributed by atoms with van der Waals surface area (Å²) in [4.78, 5) is 13.4. The van der Waals surface area contributed by atoms with E-state index in [1.54, 1.807) is 6.92 Å². The Balaban J connectivity index is 2.12. The average molecular weight is 335 g/mol. The van der Waals surface area contributed by atoms with E-state index >= 15 is 0 Å². The molecule has 0 radical (unpaired) electrons. The average Bonchev–Trinajstić information content (AvgIpc) is 2.52. The first-order chi connectivity index (χ1) is 10.3. The molecule has 8 heteroatoms. The van der Waals surface area contributed by atoms with Crippen molar-refractivity contribution in [3.05, 3.63) is 35.1 Å². The van der Waals surface area contributed by atoms with Gasteiger partial charge in [0.1, 0.15) is 0 Å². The zero-order chi connectivity index (χ0) is 16.5. The van der Waals surface area contributed by atoms with Gasteiger partial charge in [-0.1, -0.05) is 6.92 Å². The zero-order valence-corrected chi connectivity index (χ0v) is 12.8. The molecule has 122 valence electrons. The van der Waals surface area contributed by atoms with Crippen LogP contribution >= 0.6 is 0 Å². The van der Waals surface area contributed by atoms with Gasteiger partial charge in [0.15, 0.2) is 27.3 Å². The van der Waals surface area contributed by atoms with Crippen molar-refractivity contribution in [2.45, 2.75) is 25.0 Å². The number of piperidine rings is 1. The van der Waals surface area contributed by atoms with Gasteiger partial charge >= 0.3 is 0 Å². The summed E-state index contributed by atoms with van der Waals surface area (Å²) < 4.78 is 63.3. The van der Waals surface area contributed by atoms with Gasteiger partial charge in [-0.25, -0.2) is 21.6 Å². The van der Waals surface area contributed by atoms with Crippen LogP contribution in [0.5, 0.6) is 0 Å². The van der Waals surface area contributed by atoms with Gasteiger partial charge in [-0.15, -0.1) is 0 Å². The second-order valence-electron chi connectivity index (χ2n) is 5.17. The van der Waals surface area contributed by atoms with Crippen LogP contribution in [0.4, 0.5) is 13.2 Å². The van der Waals surface area contributed by atoms with Crippen molar-refractivity contribution in [2.75, 3.05) is 18.8 Å². The minimum atomic E-state index is -3.18. The van der Waals surface area contributed by atoms with Crippen molar-refractivity contribution in [1.29, 1.82) is 0 Å². The summed E-state index contributed by atoms with van der Waals surface area (Å²) in [5, 5.41) is -0.517. The third kappa shape index (κ3) is 3.11. The van der Waals surface area contributed by atoms with Gasteiger partial charge in [-0.05, 0) is 25.0 Å². The lowest BCUT2D eigenvalue weighted by Gasteiger charge is -2.31. The third-order valence-corrected chi connectivity index (χ3v) is 6.20. The molecule has 1 aliphatic rings. The molecule has 0 atom stereocenters. The topological polar surface area (TPSA) is 54.5 Å². The highest BCUT2D eigenvalue weighted by Gasteiger charge is 2.32. The second kappa shape index (κ2) is 6.28. The first-order valence-corrected chi connectivity index (χ1v) is 8.63. The van der Waals surface area contributed by atoms with Crippen LogP contribution in [0.25, 0.3) is 0 Å². The Morgan fingerprint density at radius 3 is 2.32 bits per heavy atom. The Morgan fingerprint density at radius 1 is 1.18 bits per heavy atom. The number of hydrogen-bond acceptors (Lipinski definition) is 3. The molecule has 0 N–H and O–H groups in total. The number of benzene rings is 1. The summed E-state index contributed by atoms with van der Waals surface area (Å²) in [7, 11) is -3.18. The van der Waals surface area contributed by atoms with Crippen LogP contribution in [0.1, 0.15) is 30.1 Å². The molecule has 0 bridgehead atoms. The predicted octanol–water partition coefficient (Wildman–Crippen LogP) is 2.14. The van der Waals surface area contributed by atoms with E-state index in [-0.39, 0.29) is 31.7 Å². The van der Waals surface area contributed by atoms with E-state index < -0.39 is 44.0 Å². The molecule has 4 nitrogen and oxygen atoms in total. The second-order valence-corrected chi connectivity index (χ2v) is 7.74. The summed E-state index contributed by atoms with van der Waals surface area (Å²) in [5.41, 5.74) is -0.546. The maximum atomic E-state index is 13.6. The van der Waals surface area contributed by atoms with Crippen LogP contribution in [-0.2, 0) is 9.84 Å². The van der Waals surface area contributed by atoms with Gasteiger partial charge < -0.3 is 4.90 Å². The van der Waals surface area contributed by atoms with Gasteiger partial charge in [-0.2, -0.15) is 0 Å². The molecule has 0 saturated carbocycles. The van der Waals surface area contributed by atoms with Crippen molar-refractivity contribution < 1.29 is 26.4 Å². The molecule has 0 aromatic heterocycles. The van der Waals surface area contributed by atoms with Gasteiger partial charge in [0.05, 0.1) is 10.8 Å². The fourth-order valence-corrected chi connectivity index (χ4v) is 3.92. The summed E-state index contributed by atoms with van der Waals surface area (Å²) >= 11 is 0. The Morgan fingerprint density at radius 2 is 1.77 bits per heavy atom. The Labute approximate surface area is 126 Å². The number of sulfone groups is 1. The van der Waals surface area contributed by atoms with Crippen LogP contribution in [0, 0.1) is 17.5 Å². The summed E-state index contributed by atoms with van der Waals surface area (Å²) in [6, 6.07) is 1.59. The zero-order valence-electron chi connectivity index (χ0n) is 12.0. The van der Waals surface area contributed by atoms with E-state index in [4.69, 9.17) is 0 Å². The molecule has 1 amide bonds. The summed E-state index contributed by atoms with van der Waals surface area (Å²) in [5.74, 6) is -5.29. The highest BCUT2D eigenvalue weighted by Crippen LogP contribution is 2.22. The van der Waals surface area contributed by atoms with Gasteiger partial charge in [0.25, 0.3) is 5.91 Å².